The lowest BCUT2D eigenvalue weighted by molar-refractivity contribution is 0.583. The summed E-state index contributed by atoms with van der Waals surface area (Å²) in [6, 6.07) is 10.3. The monoisotopic (exact) mass is 310 g/mol. The molecule has 22 heavy (non-hydrogen) atoms. The summed E-state index contributed by atoms with van der Waals surface area (Å²) in [5.41, 5.74) is 0.922. The summed E-state index contributed by atoms with van der Waals surface area (Å²) >= 11 is 0. The van der Waals surface area contributed by atoms with Gasteiger partial charge in [-0.3, -0.25) is 9.97 Å². The summed E-state index contributed by atoms with van der Waals surface area (Å²) in [7, 11) is -3.83. The van der Waals surface area contributed by atoms with Crippen LogP contribution in [0.25, 0.3) is 21.8 Å². The van der Waals surface area contributed by atoms with Crippen LogP contribution in [-0.2, 0) is 10.0 Å². The molecule has 0 aliphatic carbocycles. The van der Waals surface area contributed by atoms with Crippen molar-refractivity contribution in [1.29, 1.82) is 0 Å². The van der Waals surface area contributed by atoms with Gasteiger partial charge in [0, 0.05) is 29.4 Å². The van der Waals surface area contributed by atoms with Crippen LogP contribution in [0, 0.1) is 0 Å². The quantitative estimate of drug-likeness (QED) is 0.567. The molecule has 0 spiro atoms. The van der Waals surface area contributed by atoms with Crippen LogP contribution < -0.4 is 0 Å². The molecule has 0 fully saturated rings. The molecule has 0 saturated heterocycles. The number of hydrogen-bond acceptors (Lipinski definition) is 5. The highest BCUT2D eigenvalue weighted by Crippen LogP contribution is 2.24. The van der Waals surface area contributed by atoms with E-state index < -0.39 is 10.0 Å². The Balaban J connectivity index is 2.05. The van der Waals surface area contributed by atoms with Crippen molar-refractivity contribution in [3.8, 4) is 0 Å². The van der Waals surface area contributed by atoms with Crippen molar-refractivity contribution < 1.29 is 8.42 Å². The van der Waals surface area contributed by atoms with E-state index in [1.165, 1.54) is 12.4 Å². The Morgan fingerprint density at radius 1 is 0.909 bits per heavy atom. The van der Waals surface area contributed by atoms with Gasteiger partial charge in [0.05, 0.1) is 17.2 Å². The molecule has 1 aromatic carbocycles. The van der Waals surface area contributed by atoms with E-state index in [4.69, 9.17) is 0 Å². The minimum atomic E-state index is -3.83. The van der Waals surface area contributed by atoms with Gasteiger partial charge in [-0.05, 0) is 18.2 Å². The number of benzene rings is 1. The van der Waals surface area contributed by atoms with Gasteiger partial charge in [0.25, 0.3) is 10.0 Å². The van der Waals surface area contributed by atoms with Crippen LogP contribution in [0.4, 0.5) is 0 Å². The molecular weight excluding hydrogens is 300 g/mol. The molecule has 0 saturated carbocycles. The smallest absolute Gasteiger partial charge is 0.264 e. The summed E-state index contributed by atoms with van der Waals surface area (Å²) in [6.07, 6.45) is 6.18. The number of pyridine rings is 2. The molecule has 0 amide bonds. The van der Waals surface area contributed by atoms with Gasteiger partial charge in [0.1, 0.15) is 4.90 Å². The van der Waals surface area contributed by atoms with Crippen LogP contribution in [0.1, 0.15) is 0 Å². The molecule has 3 heterocycles. The molecule has 4 aromatic rings. The first-order valence-corrected chi connectivity index (χ1v) is 7.99. The van der Waals surface area contributed by atoms with E-state index >= 15 is 0 Å². The van der Waals surface area contributed by atoms with Gasteiger partial charge in [-0.2, -0.15) is 17.6 Å². The Bertz CT molecular complexity index is 1100. The van der Waals surface area contributed by atoms with Crippen molar-refractivity contribution >= 4 is 31.8 Å². The van der Waals surface area contributed by atoms with Crippen molar-refractivity contribution in [2.45, 2.75) is 4.90 Å². The van der Waals surface area contributed by atoms with Gasteiger partial charge in [-0.15, -0.1) is 0 Å². The van der Waals surface area contributed by atoms with E-state index in [2.05, 4.69) is 15.1 Å². The van der Waals surface area contributed by atoms with E-state index in [0.717, 1.165) is 9.47 Å². The van der Waals surface area contributed by atoms with Crippen LogP contribution in [0.15, 0.2) is 66.1 Å². The molecule has 0 radical (unpaired) electrons. The van der Waals surface area contributed by atoms with Gasteiger partial charge < -0.3 is 0 Å². The van der Waals surface area contributed by atoms with Gasteiger partial charge >= 0.3 is 0 Å². The third-order valence-corrected chi connectivity index (χ3v) is 5.07. The Kier molecular flexibility index (Phi) is 2.70. The minimum Gasteiger partial charge on any atom is -0.264 e. The fourth-order valence-corrected chi connectivity index (χ4v) is 3.87. The fourth-order valence-electron chi connectivity index (χ4n) is 2.42. The lowest BCUT2D eigenvalue weighted by Gasteiger charge is -2.08. The number of para-hydroxylation sites is 1. The summed E-state index contributed by atoms with van der Waals surface area (Å²) in [5.74, 6) is 0. The van der Waals surface area contributed by atoms with Crippen molar-refractivity contribution in [3.05, 3.63) is 61.2 Å². The molecule has 0 aliphatic heterocycles. The molecule has 6 nitrogen and oxygen atoms in total. The summed E-state index contributed by atoms with van der Waals surface area (Å²) in [4.78, 5) is 8.31. The Morgan fingerprint density at radius 2 is 1.77 bits per heavy atom. The fraction of sp³-hybridized carbons (Fsp3) is 0. The second-order valence-corrected chi connectivity index (χ2v) is 6.49. The average Bonchev–Trinajstić information content (AvgIpc) is 2.99. The highest BCUT2D eigenvalue weighted by molar-refractivity contribution is 7.90. The molecule has 3 aromatic heterocycles. The number of rotatable bonds is 2. The van der Waals surface area contributed by atoms with E-state index in [0.29, 0.717) is 16.4 Å². The van der Waals surface area contributed by atoms with Crippen molar-refractivity contribution in [2.24, 2.45) is 0 Å². The topological polar surface area (TPSA) is 77.7 Å². The van der Waals surface area contributed by atoms with Gasteiger partial charge in [0.2, 0.25) is 0 Å². The van der Waals surface area contributed by atoms with Crippen molar-refractivity contribution in [1.82, 2.24) is 19.2 Å². The normalized spacial score (nSPS) is 12.0. The van der Waals surface area contributed by atoms with Crippen LogP contribution in [-0.4, -0.2) is 27.6 Å². The van der Waals surface area contributed by atoms with E-state index in [9.17, 15) is 8.42 Å². The van der Waals surface area contributed by atoms with E-state index in [-0.39, 0.29) is 4.90 Å². The Morgan fingerprint density at radius 3 is 2.68 bits per heavy atom. The second-order valence-electron chi connectivity index (χ2n) is 4.76. The molecule has 0 unspecified atom stereocenters. The Labute approximate surface area is 126 Å². The average molecular weight is 310 g/mol. The van der Waals surface area contributed by atoms with E-state index in [1.807, 2.05) is 12.1 Å². The van der Waals surface area contributed by atoms with E-state index in [1.54, 1.807) is 36.7 Å². The van der Waals surface area contributed by atoms with Gasteiger partial charge in [0.15, 0.2) is 0 Å². The maximum absolute atomic E-state index is 13.0. The molecule has 7 heteroatoms. The Hall–Kier alpha value is -2.80. The van der Waals surface area contributed by atoms with Crippen LogP contribution >= 0.6 is 0 Å². The summed E-state index contributed by atoms with van der Waals surface area (Å²) < 4.78 is 26.9. The van der Waals surface area contributed by atoms with Gasteiger partial charge in [-0.1, -0.05) is 18.2 Å². The molecule has 0 N–H and O–H groups in total. The zero-order valence-corrected chi connectivity index (χ0v) is 12.1. The largest absolute Gasteiger partial charge is 0.285 e. The number of nitrogens with zero attached hydrogens (tertiary/aromatic N) is 4. The zero-order valence-electron chi connectivity index (χ0n) is 11.3. The third-order valence-electron chi connectivity index (χ3n) is 3.44. The van der Waals surface area contributed by atoms with Gasteiger partial charge in [-0.25, -0.2) is 0 Å². The SMILES string of the molecule is O=S(=O)(c1cccc2cccnc12)n1ncc2cnccc21. The maximum atomic E-state index is 13.0. The predicted octanol–water partition coefficient (Wildman–Crippen LogP) is 2.22. The number of fused-ring (bicyclic) bond motifs is 2. The number of aromatic nitrogens is 4. The number of hydrogen-bond donors (Lipinski definition) is 0. The lowest BCUT2D eigenvalue weighted by atomic mass is 10.2. The summed E-state index contributed by atoms with van der Waals surface area (Å²) in [6.45, 7) is 0. The lowest BCUT2D eigenvalue weighted by Crippen LogP contribution is -2.15. The first kappa shape index (κ1) is 12.9. The third kappa shape index (κ3) is 1.79. The molecule has 0 aliphatic rings. The molecule has 108 valence electrons. The minimum absolute atomic E-state index is 0.132. The molecule has 4 rings (SSSR count). The second kappa shape index (κ2) is 4.60. The van der Waals surface area contributed by atoms with Crippen molar-refractivity contribution in [2.75, 3.05) is 0 Å². The highest BCUT2D eigenvalue weighted by atomic mass is 32.2. The highest BCUT2D eigenvalue weighted by Gasteiger charge is 2.23. The maximum Gasteiger partial charge on any atom is 0.285 e. The predicted molar refractivity (Wildman–Crippen MR) is 81.9 cm³/mol. The molecule has 0 atom stereocenters. The zero-order chi connectivity index (χ0) is 15.2. The first-order valence-electron chi connectivity index (χ1n) is 6.55. The first-order chi connectivity index (χ1) is 10.7. The molecule has 0 bridgehead atoms. The molecular formula is C15H10N4O2S. The standard InChI is InChI=1S/C15H10N4O2S/c20-22(21,19-13-6-8-16-9-12(13)10-18-19)14-5-1-3-11-4-2-7-17-15(11)14/h1-10H. The van der Waals surface area contributed by atoms with Crippen molar-refractivity contribution in [3.63, 3.8) is 0 Å². The summed E-state index contributed by atoms with van der Waals surface area (Å²) in [5, 5.41) is 5.44. The van der Waals surface area contributed by atoms with Crippen LogP contribution in [0.5, 0.6) is 0 Å². The van der Waals surface area contributed by atoms with Crippen LogP contribution in [0.2, 0.25) is 0 Å². The van der Waals surface area contributed by atoms with Crippen LogP contribution in [0.3, 0.4) is 0 Å².